The highest BCUT2D eigenvalue weighted by Crippen LogP contribution is 2.09. The highest BCUT2D eigenvalue weighted by molar-refractivity contribution is 5.84. The second-order valence-electron chi connectivity index (χ2n) is 5.03. The molecular formula is C13H28N2O2. The maximum Gasteiger partial charge on any atom is 0.239 e. The zero-order valence-electron chi connectivity index (χ0n) is 11.7. The predicted octanol–water partition coefficient (Wildman–Crippen LogP) is 1.68. The molecule has 4 heteroatoms. The fourth-order valence-electron chi connectivity index (χ4n) is 1.65. The van der Waals surface area contributed by atoms with Gasteiger partial charge in [0.1, 0.15) is 5.54 Å². The number of hydrogen-bond acceptors (Lipinski definition) is 3. The highest BCUT2D eigenvalue weighted by Gasteiger charge is 2.30. The molecule has 2 unspecified atom stereocenters. The summed E-state index contributed by atoms with van der Waals surface area (Å²) in [5.74, 6) is 0.178. The molecule has 2 atom stereocenters. The molecule has 0 radical (unpaired) electrons. The Morgan fingerprint density at radius 2 is 2.06 bits per heavy atom. The van der Waals surface area contributed by atoms with Crippen LogP contribution in [0.1, 0.15) is 47.0 Å². The molecule has 0 spiro atoms. The van der Waals surface area contributed by atoms with Gasteiger partial charge in [-0.3, -0.25) is 4.79 Å². The Balaban J connectivity index is 4.04. The lowest BCUT2D eigenvalue weighted by Gasteiger charge is -2.27. The molecule has 0 aromatic carbocycles. The standard InChI is InChI=1S/C13H28N2O2/c1-5-7-11(3)9-17-10-13(4,12(14)16)15-8-6-2/h11,15H,5-10H2,1-4H3,(H2,14,16). The monoisotopic (exact) mass is 244 g/mol. The van der Waals surface area contributed by atoms with Gasteiger partial charge in [-0.1, -0.05) is 27.2 Å². The molecule has 0 rings (SSSR count). The van der Waals surface area contributed by atoms with Crippen molar-refractivity contribution in [2.45, 2.75) is 52.5 Å². The minimum absolute atomic E-state index is 0.344. The third kappa shape index (κ3) is 6.64. The van der Waals surface area contributed by atoms with E-state index in [-0.39, 0.29) is 5.91 Å². The molecule has 0 aliphatic carbocycles. The van der Waals surface area contributed by atoms with Crippen LogP contribution in [0.15, 0.2) is 0 Å². The molecule has 0 heterocycles. The van der Waals surface area contributed by atoms with Crippen molar-refractivity contribution in [3.8, 4) is 0 Å². The van der Waals surface area contributed by atoms with Crippen LogP contribution in [0.25, 0.3) is 0 Å². The third-order valence-corrected chi connectivity index (χ3v) is 2.88. The summed E-state index contributed by atoms with van der Waals surface area (Å²) in [5, 5.41) is 3.15. The first kappa shape index (κ1) is 16.4. The molecule has 0 aromatic heterocycles. The maximum absolute atomic E-state index is 11.4. The Labute approximate surface area is 105 Å². The van der Waals surface area contributed by atoms with Gasteiger partial charge < -0.3 is 15.8 Å². The molecule has 0 bridgehead atoms. The summed E-state index contributed by atoms with van der Waals surface area (Å²) in [5.41, 5.74) is 4.66. The van der Waals surface area contributed by atoms with E-state index in [1.807, 2.05) is 0 Å². The van der Waals surface area contributed by atoms with Crippen LogP contribution in [0, 0.1) is 5.92 Å². The topological polar surface area (TPSA) is 64.3 Å². The van der Waals surface area contributed by atoms with E-state index in [9.17, 15) is 4.79 Å². The molecular weight excluding hydrogens is 216 g/mol. The minimum atomic E-state index is -0.748. The maximum atomic E-state index is 11.4. The summed E-state index contributed by atoms with van der Waals surface area (Å²) >= 11 is 0. The van der Waals surface area contributed by atoms with Crippen LogP contribution in [0.4, 0.5) is 0 Å². The molecule has 1 amide bonds. The van der Waals surface area contributed by atoms with Gasteiger partial charge in [0, 0.05) is 6.61 Å². The molecule has 0 saturated carbocycles. The van der Waals surface area contributed by atoms with E-state index < -0.39 is 5.54 Å². The van der Waals surface area contributed by atoms with Crippen LogP contribution in [0.2, 0.25) is 0 Å². The first-order valence-electron chi connectivity index (χ1n) is 6.59. The number of ether oxygens (including phenoxy) is 1. The van der Waals surface area contributed by atoms with Crippen molar-refractivity contribution >= 4 is 5.91 Å². The van der Waals surface area contributed by atoms with E-state index in [1.165, 1.54) is 0 Å². The van der Waals surface area contributed by atoms with Crippen molar-refractivity contribution < 1.29 is 9.53 Å². The molecule has 0 aromatic rings. The van der Waals surface area contributed by atoms with Crippen LogP contribution in [0.3, 0.4) is 0 Å². The lowest BCUT2D eigenvalue weighted by molar-refractivity contribution is -0.126. The van der Waals surface area contributed by atoms with Gasteiger partial charge in [-0.05, 0) is 32.2 Å². The third-order valence-electron chi connectivity index (χ3n) is 2.88. The first-order valence-corrected chi connectivity index (χ1v) is 6.59. The average Bonchev–Trinajstić information content (AvgIpc) is 2.26. The van der Waals surface area contributed by atoms with Crippen molar-refractivity contribution in [2.24, 2.45) is 11.7 Å². The largest absolute Gasteiger partial charge is 0.379 e. The zero-order valence-corrected chi connectivity index (χ0v) is 11.7. The fourth-order valence-corrected chi connectivity index (χ4v) is 1.65. The number of carbonyl (C=O) groups excluding carboxylic acids is 1. The number of rotatable bonds is 10. The summed E-state index contributed by atoms with van der Waals surface area (Å²) in [6.45, 7) is 9.97. The molecule has 0 aliphatic rings. The minimum Gasteiger partial charge on any atom is -0.379 e. The van der Waals surface area contributed by atoms with Crippen molar-refractivity contribution in [3.63, 3.8) is 0 Å². The van der Waals surface area contributed by atoms with Crippen molar-refractivity contribution in [3.05, 3.63) is 0 Å². The van der Waals surface area contributed by atoms with Crippen LogP contribution < -0.4 is 11.1 Å². The molecule has 3 N–H and O–H groups in total. The zero-order chi connectivity index (χ0) is 13.3. The van der Waals surface area contributed by atoms with E-state index in [2.05, 4.69) is 26.1 Å². The Morgan fingerprint density at radius 1 is 1.41 bits per heavy atom. The molecule has 0 aliphatic heterocycles. The lowest BCUT2D eigenvalue weighted by Crippen LogP contribution is -2.56. The molecule has 17 heavy (non-hydrogen) atoms. The summed E-state index contributed by atoms with van der Waals surface area (Å²) in [7, 11) is 0. The number of carbonyl (C=O) groups is 1. The van der Waals surface area contributed by atoms with Crippen molar-refractivity contribution in [2.75, 3.05) is 19.8 Å². The first-order chi connectivity index (χ1) is 7.96. The van der Waals surface area contributed by atoms with Gasteiger partial charge >= 0.3 is 0 Å². The smallest absolute Gasteiger partial charge is 0.239 e. The van der Waals surface area contributed by atoms with Crippen LogP contribution >= 0.6 is 0 Å². The Kier molecular flexibility index (Phi) is 8.17. The molecule has 102 valence electrons. The van der Waals surface area contributed by atoms with E-state index in [0.29, 0.717) is 19.1 Å². The predicted molar refractivity (Wildman–Crippen MR) is 70.8 cm³/mol. The Morgan fingerprint density at radius 3 is 2.53 bits per heavy atom. The van der Waals surface area contributed by atoms with Gasteiger partial charge in [0.15, 0.2) is 0 Å². The number of nitrogens with one attached hydrogen (secondary N) is 1. The quantitative estimate of drug-likeness (QED) is 0.614. The normalized spacial score (nSPS) is 16.5. The number of amides is 1. The molecule has 4 nitrogen and oxygen atoms in total. The average molecular weight is 244 g/mol. The van der Waals surface area contributed by atoms with E-state index in [0.717, 1.165) is 25.8 Å². The van der Waals surface area contributed by atoms with Crippen molar-refractivity contribution in [1.82, 2.24) is 5.32 Å². The van der Waals surface area contributed by atoms with Crippen LogP contribution in [-0.2, 0) is 9.53 Å². The van der Waals surface area contributed by atoms with Crippen LogP contribution in [-0.4, -0.2) is 31.2 Å². The SMILES string of the molecule is CCCNC(C)(COCC(C)CCC)C(N)=O. The summed E-state index contributed by atoms with van der Waals surface area (Å²) in [6, 6.07) is 0. The second-order valence-corrected chi connectivity index (χ2v) is 5.03. The van der Waals surface area contributed by atoms with Crippen molar-refractivity contribution in [1.29, 1.82) is 0 Å². The van der Waals surface area contributed by atoms with E-state index >= 15 is 0 Å². The van der Waals surface area contributed by atoms with Gasteiger partial charge in [-0.25, -0.2) is 0 Å². The van der Waals surface area contributed by atoms with E-state index in [4.69, 9.17) is 10.5 Å². The fraction of sp³-hybridized carbons (Fsp3) is 0.923. The Bertz CT molecular complexity index is 221. The molecule has 0 fully saturated rings. The van der Waals surface area contributed by atoms with Gasteiger partial charge in [0.2, 0.25) is 5.91 Å². The number of primary amides is 1. The summed E-state index contributed by atoms with van der Waals surface area (Å²) in [4.78, 5) is 11.4. The number of nitrogens with two attached hydrogens (primary N) is 1. The highest BCUT2D eigenvalue weighted by atomic mass is 16.5. The van der Waals surface area contributed by atoms with Gasteiger partial charge in [-0.2, -0.15) is 0 Å². The lowest BCUT2D eigenvalue weighted by atomic mass is 10.0. The Hall–Kier alpha value is -0.610. The summed E-state index contributed by atoms with van der Waals surface area (Å²) in [6.07, 6.45) is 3.27. The van der Waals surface area contributed by atoms with Gasteiger partial charge in [-0.15, -0.1) is 0 Å². The second kappa shape index (κ2) is 8.48. The van der Waals surface area contributed by atoms with Gasteiger partial charge in [0.05, 0.1) is 6.61 Å². The summed E-state index contributed by atoms with van der Waals surface area (Å²) < 4.78 is 5.61. The number of hydrogen-bond donors (Lipinski definition) is 2. The van der Waals surface area contributed by atoms with E-state index in [1.54, 1.807) is 6.92 Å². The molecule has 0 saturated heterocycles. The van der Waals surface area contributed by atoms with Crippen LogP contribution in [0.5, 0.6) is 0 Å². The van der Waals surface area contributed by atoms with Gasteiger partial charge in [0.25, 0.3) is 0 Å².